The fraction of sp³-hybridized carbons (Fsp3) is 0.462. The highest BCUT2D eigenvalue weighted by Gasteiger charge is 2.02. The van der Waals surface area contributed by atoms with E-state index in [9.17, 15) is 4.79 Å². The van der Waals surface area contributed by atoms with Gasteiger partial charge in [0.15, 0.2) is 0 Å². The summed E-state index contributed by atoms with van der Waals surface area (Å²) in [6, 6.07) is 3.70. The Hall–Kier alpha value is -1.69. The highest BCUT2D eigenvalue weighted by atomic mass is 16.3. The Morgan fingerprint density at radius 2 is 2.38 bits per heavy atom. The Morgan fingerprint density at radius 1 is 1.50 bits per heavy atom. The van der Waals surface area contributed by atoms with Gasteiger partial charge < -0.3 is 9.73 Å². The lowest BCUT2D eigenvalue weighted by Gasteiger charge is -2.03. The van der Waals surface area contributed by atoms with Crippen LogP contribution in [0.25, 0.3) is 0 Å². The fourth-order valence-corrected chi connectivity index (χ4v) is 1.36. The van der Waals surface area contributed by atoms with Crippen LogP contribution in [0.2, 0.25) is 0 Å². The van der Waals surface area contributed by atoms with Crippen molar-refractivity contribution in [2.24, 2.45) is 0 Å². The first-order valence-corrected chi connectivity index (χ1v) is 5.55. The van der Waals surface area contributed by atoms with Crippen LogP contribution in [-0.2, 0) is 11.2 Å². The van der Waals surface area contributed by atoms with Gasteiger partial charge in [0.2, 0.25) is 5.91 Å². The van der Waals surface area contributed by atoms with Gasteiger partial charge in [-0.2, -0.15) is 0 Å². The third-order valence-corrected chi connectivity index (χ3v) is 2.25. The predicted molar refractivity (Wildman–Crippen MR) is 62.7 cm³/mol. The Labute approximate surface area is 96.2 Å². The first kappa shape index (κ1) is 12.4. The first-order chi connectivity index (χ1) is 7.83. The SMILES string of the molecule is C#CCCCCNC(=O)CCc1ccco1. The maximum atomic E-state index is 11.4. The van der Waals surface area contributed by atoms with E-state index in [2.05, 4.69) is 11.2 Å². The molecule has 1 amide bonds. The molecule has 16 heavy (non-hydrogen) atoms. The minimum Gasteiger partial charge on any atom is -0.469 e. The number of carbonyl (C=O) groups excluding carboxylic acids is 1. The molecule has 0 spiro atoms. The van der Waals surface area contributed by atoms with Crippen LogP contribution in [0.4, 0.5) is 0 Å². The number of hydrogen-bond acceptors (Lipinski definition) is 2. The summed E-state index contributed by atoms with van der Waals surface area (Å²) >= 11 is 0. The van der Waals surface area contributed by atoms with Crippen LogP contribution in [0.5, 0.6) is 0 Å². The zero-order valence-corrected chi connectivity index (χ0v) is 9.37. The number of rotatable bonds is 7. The second-order valence-corrected chi connectivity index (χ2v) is 3.59. The molecule has 1 N–H and O–H groups in total. The summed E-state index contributed by atoms with van der Waals surface area (Å²) in [4.78, 5) is 11.4. The van der Waals surface area contributed by atoms with Gasteiger partial charge in [-0.25, -0.2) is 0 Å². The number of furan rings is 1. The van der Waals surface area contributed by atoms with Crippen molar-refractivity contribution >= 4 is 5.91 Å². The number of carbonyl (C=O) groups is 1. The van der Waals surface area contributed by atoms with Crippen molar-refractivity contribution in [3.8, 4) is 12.3 Å². The minimum absolute atomic E-state index is 0.0668. The Balaban J connectivity index is 2.01. The summed E-state index contributed by atoms with van der Waals surface area (Å²) in [5.74, 6) is 3.49. The largest absolute Gasteiger partial charge is 0.469 e. The molecule has 0 fully saturated rings. The topological polar surface area (TPSA) is 42.2 Å². The smallest absolute Gasteiger partial charge is 0.220 e. The molecule has 3 nitrogen and oxygen atoms in total. The highest BCUT2D eigenvalue weighted by molar-refractivity contribution is 5.75. The number of aryl methyl sites for hydroxylation is 1. The van der Waals surface area contributed by atoms with Gasteiger partial charge in [-0.15, -0.1) is 12.3 Å². The maximum absolute atomic E-state index is 11.4. The summed E-state index contributed by atoms with van der Waals surface area (Å²) in [6.07, 6.45) is 10.6. The molecule has 0 bridgehead atoms. The third-order valence-electron chi connectivity index (χ3n) is 2.25. The minimum atomic E-state index is 0.0668. The second kappa shape index (κ2) is 7.58. The Morgan fingerprint density at radius 3 is 3.06 bits per heavy atom. The van der Waals surface area contributed by atoms with Crippen LogP contribution in [-0.4, -0.2) is 12.5 Å². The van der Waals surface area contributed by atoms with E-state index in [0.717, 1.165) is 25.0 Å². The lowest BCUT2D eigenvalue weighted by Crippen LogP contribution is -2.24. The molecule has 1 heterocycles. The molecular formula is C13H17NO2. The summed E-state index contributed by atoms with van der Waals surface area (Å²) < 4.78 is 5.14. The zero-order valence-electron chi connectivity index (χ0n) is 9.37. The van der Waals surface area contributed by atoms with Gasteiger partial charge in [-0.1, -0.05) is 0 Å². The maximum Gasteiger partial charge on any atom is 0.220 e. The molecule has 0 aliphatic heterocycles. The standard InChI is InChI=1S/C13H17NO2/c1-2-3-4-5-10-14-13(15)9-8-12-7-6-11-16-12/h1,6-7,11H,3-5,8-10H2,(H,14,15). The molecule has 86 valence electrons. The Kier molecular flexibility index (Phi) is 5.87. The number of unbranched alkanes of at least 4 members (excludes halogenated alkanes) is 2. The average Bonchev–Trinajstić information content (AvgIpc) is 2.79. The molecule has 1 aromatic heterocycles. The number of amides is 1. The second-order valence-electron chi connectivity index (χ2n) is 3.59. The lowest BCUT2D eigenvalue weighted by atomic mass is 10.2. The van der Waals surface area contributed by atoms with Crippen LogP contribution >= 0.6 is 0 Å². The zero-order chi connectivity index (χ0) is 11.6. The Bertz CT molecular complexity index is 335. The number of hydrogen-bond donors (Lipinski definition) is 1. The molecule has 0 atom stereocenters. The van der Waals surface area contributed by atoms with Crippen LogP contribution in [0.15, 0.2) is 22.8 Å². The summed E-state index contributed by atoms with van der Waals surface area (Å²) in [7, 11) is 0. The summed E-state index contributed by atoms with van der Waals surface area (Å²) in [5.41, 5.74) is 0. The lowest BCUT2D eigenvalue weighted by molar-refractivity contribution is -0.121. The van der Waals surface area contributed by atoms with Crippen molar-refractivity contribution in [1.82, 2.24) is 5.32 Å². The van der Waals surface area contributed by atoms with E-state index in [1.54, 1.807) is 6.26 Å². The quantitative estimate of drug-likeness (QED) is 0.564. The van der Waals surface area contributed by atoms with Crippen molar-refractivity contribution in [3.05, 3.63) is 24.2 Å². The van der Waals surface area contributed by atoms with E-state index in [1.165, 1.54) is 0 Å². The molecule has 3 heteroatoms. The monoisotopic (exact) mass is 219 g/mol. The van der Waals surface area contributed by atoms with E-state index >= 15 is 0 Å². The van der Waals surface area contributed by atoms with Crippen molar-refractivity contribution in [1.29, 1.82) is 0 Å². The molecule has 1 rings (SSSR count). The first-order valence-electron chi connectivity index (χ1n) is 5.55. The molecule has 1 aromatic rings. The molecule has 0 saturated carbocycles. The molecule has 0 saturated heterocycles. The van der Waals surface area contributed by atoms with Crippen LogP contribution < -0.4 is 5.32 Å². The normalized spacial score (nSPS) is 9.69. The van der Waals surface area contributed by atoms with Crippen LogP contribution in [0.1, 0.15) is 31.4 Å². The molecule has 0 radical (unpaired) electrons. The molecule has 0 unspecified atom stereocenters. The molecule has 0 aliphatic rings. The van der Waals surface area contributed by atoms with Crippen molar-refractivity contribution in [2.75, 3.05) is 6.54 Å². The van der Waals surface area contributed by atoms with Crippen LogP contribution in [0, 0.1) is 12.3 Å². The van der Waals surface area contributed by atoms with Crippen molar-refractivity contribution < 1.29 is 9.21 Å². The fourth-order valence-electron chi connectivity index (χ4n) is 1.36. The number of terminal acetylenes is 1. The van der Waals surface area contributed by atoms with Gasteiger partial charge in [-0.3, -0.25) is 4.79 Å². The van der Waals surface area contributed by atoms with Crippen LogP contribution in [0.3, 0.4) is 0 Å². The van der Waals surface area contributed by atoms with Gasteiger partial charge in [0, 0.05) is 25.8 Å². The van der Waals surface area contributed by atoms with E-state index < -0.39 is 0 Å². The molecular weight excluding hydrogens is 202 g/mol. The van der Waals surface area contributed by atoms with E-state index in [-0.39, 0.29) is 5.91 Å². The van der Waals surface area contributed by atoms with Gasteiger partial charge in [0.25, 0.3) is 0 Å². The van der Waals surface area contributed by atoms with E-state index in [4.69, 9.17) is 10.8 Å². The summed E-state index contributed by atoms with van der Waals surface area (Å²) in [5, 5.41) is 2.85. The predicted octanol–water partition coefficient (Wildman–Crippen LogP) is 2.13. The summed E-state index contributed by atoms with van der Waals surface area (Å²) in [6.45, 7) is 0.707. The van der Waals surface area contributed by atoms with Gasteiger partial charge in [0.1, 0.15) is 5.76 Å². The third kappa shape index (κ3) is 5.26. The average molecular weight is 219 g/mol. The van der Waals surface area contributed by atoms with E-state index in [0.29, 0.717) is 19.4 Å². The van der Waals surface area contributed by atoms with Gasteiger partial charge in [-0.05, 0) is 25.0 Å². The van der Waals surface area contributed by atoms with Gasteiger partial charge >= 0.3 is 0 Å². The molecule has 0 aromatic carbocycles. The van der Waals surface area contributed by atoms with E-state index in [1.807, 2.05) is 12.1 Å². The molecule has 0 aliphatic carbocycles. The highest BCUT2D eigenvalue weighted by Crippen LogP contribution is 2.03. The van der Waals surface area contributed by atoms with Gasteiger partial charge in [0.05, 0.1) is 6.26 Å². The number of nitrogens with one attached hydrogen (secondary N) is 1. The van der Waals surface area contributed by atoms with Crippen molar-refractivity contribution in [3.63, 3.8) is 0 Å². The van der Waals surface area contributed by atoms with Crippen molar-refractivity contribution in [2.45, 2.75) is 32.1 Å².